The molecule has 0 bridgehead atoms. The zero-order chi connectivity index (χ0) is 13.0. The quantitative estimate of drug-likeness (QED) is 0.789. The van der Waals surface area contributed by atoms with Crippen molar-refractivity contribution in [1.82, 2.24) is 10.2 Å². The molecule has 0 aromatic heterocycles. The number of aliphatic hydroxyl groups is 1. The number of rotatable bonds is 5. The van der Waals surface area contributed by atoms with Gasteiger partial charge in [0, 0.05) is 18.1 Å². The lowest BCUT2D eigenvalue weighted by Gasteiger charge is -2.39. The van der Waals surface area contributed by atoms with Crippen LogP contribution >= 0.6 is 0 Å². The van der Waals surface area contributed by atoms with E-state index in [1.165, 1.54) is 44.9 Å². The molecule has 0 radical (unpaired) electrons. The van der Waals surface area contributed by atoms with E-state index in [9.17, 15) is 5.11 Å². The molecule has 3 nitrogen and oxygen atoms in total. The van der Waals surface area contributed by atoms with Gasteiger partial charge >= 0.3 is 0 Å². The van der Waals surface area contributed by atoms with Crippen molar-refractivity contribution in [3.8, 4) is 0 Å². The topological polar surface area (TPSA) is 35.5 Å². The average Bonchev–Trinajstić information content (AvgIpc) is 2.82. The molecule has 2 saturated carbocycles. The van der Waals surface area contributed by atoms with E-state index in [1.54, 1.807) is 0 Å². The Balaban J connectivity index is 1.75. The van der Waals surface area contributed by atoms with Crippen LogP contribution in [0.3, 0.4) is 0 Å². The minimum atomic E-state index is -0.0778. The summed E-state index contributed by atoms with van der Waals surface area (Å²) in [5, 5.41) is 13.6. The first-order chi connectivity index (χ1) is 8.72. The van der Waals surface area contributed by atoms with Crippen molar-refractivity contribution in [3.05, 3.63) is 0 Å². The molecular weight excluding hydrogens is 224 g/mol. The van der Waals surface area contributed by atoms with E-state index in [-0.39, 0.29) is 6.10 Å². The van der Waals surface area contributed by atoms with Gasteiger partial charge in [0.2, 0.25) is 0 Å². The van der Waals surface area contributed by atoms with Crippen molar-refractivity contribution in [2.24, 2.45) is 0 Å². The first kappa shape index (κ1) is 14.3. The van der Waals surface area contributed by atoms with E-state index in [0.717, 1.165) is 19.0 Å². The van der Waals surface area contributed by atoms with E-state index < -0.39 is 0 Å². The molecule has 3 heteroatoms. The van der Waals surface area contributed by atoms with E-state index in [0.29, 0.717) is 12.1 Å². The maximum absolute atomic E-state index is 10.0. The first-order valence-electron chi connectivity index (χ1n) is 7.85. The van der Waals surface area contributed by atoms with Gasteiger partial charge in [-0.3, -0.25) is 4.90 Å². The van der Waals surface area contributed by atoms with Crippen LogP contribution in [0.4, 0.5) is 0 Å². The fourth-order valence-electron chi connectivity index (χ4n) is 3.70. The molecule has 106 valence electrons. The minimum Gasteiger partial charge on any atom is -0.391 e. The van der Waals surface area contributed by atoms with Crippen LogP contribution < -0.4 is 5.32 Å². The standard InChI is InChI=1S/C15H30N2O/c1-3-11-16-12-7-9-13(10-8-12)17(2)14-5-4-6-15(14)18/h12-16,18H,3-11H2,1-2H3. The predicted molar refractivity (Wildman–Crippen MR) is 75.7 cm³/mol. The van der Waals surface area contributed by atoms with Gasteiger partial charge in [-0.15, -0.1) is 0 Å². The van der Waals surface area contributed by atoms with Crippen LogP contribution in [0.15, 0.2) is 0 Å². The van der Waals surface area contributed by atoms with Crippen LogP contribution in [-0.2, 0) is 0 Å². The van der Waals surface area contributed by atoms with Crippen LogP contribution in [0.25, 0.3) is 0 Å². The van der Waals surface area contributed by atoms with Crippen LogP contribution in [0.5, 0.6) is 0 Å². The summed E-state index contributed by atoms with van der Waals surface area (Å²) in [7, 11) is 2.23. The first-order valence-corrected chi connectivity index (χ1v) is 7.85. The van der Waals surface area contributed by atoms with Gasteiger partial charge in [-0.05, 0) is 65.0 Å². The highest BCUT2D eigenvalue weighted by molar-refractivity contribution is 4.89. The summed E-state index contributed by atoms with van der Waals surface area (Å²) in [4.78, 5) is 2.48. The van der Waals surface area contributed by atoms with Crippen LogP contribution in [-0.4, -0.2) is 47.8 Å². The third kappa shape index (κ3) is 3.46. The number of hydrogen-bond acceptors (Lipinski definition) is 3. The fraction of sp³-hybridized carbons (Fsp3) is 1.00. The summed E-state index contributed by atoms with van der Waals surface area (Å²) >= 11 is 0. The second-order valence-electron chi connectivity index (χ2n) is 6.19. The van der Waals surface area contributed by atoms with Gasteiger partial charge in [0.1, 0.15) is 0 Å². The monoisotopic (exact) mass is 254 g/mol. The lowest BCUT2D eigenvalue weighted by molar-refractivity contribution is 0.0468. The highest BCUT2D eigenvalue weighted by Crippen LogP contribution is 2.29. The lowest BCUT2D eigenvalue weighted by atomic mass is 9.89. The summed E-state index contributed by atoms with van der Waals surface area (Å²) in [6, 6.07) is 1.86. The molecule has 0 heterocycles. The van der Waals surface area contributed by atoms with E-state index in [4.69, 9.17) is 0 Å². The number of nitrogens with zero attached hydrogens (tertiary/aromatic N) is 1. The summed E-state index contributed by atoms with van der Waals surface area (Å²) in [5.74, 6) is 0. The summed E-state index contributed by atoms with van der Waals surface area (Å²) in [6.07, 6.45) is 9.73. The predicted octanol–water partition coefficient (Wildman–Crippen LogP) is 2.14. The molecule has 2 aliphatic carbocycles. The molecule has 2 N–H and O–H groups in total. The van der Waals surface area contributed by atoms with E-state index in [2.05, 4.69) is 24.2 Å². The van der Waals surface area contributed by atoms with E-state index >= 15 is 0 Å². The summed E-state index contributed by atoms with van der Waals surface area (Å²) in [5.41, 5.74) is 0. The van der Waals surface area contributed by atoms with Gasteiger partial charge in [0.05, 0.1) is 6.10 Å². The van der Waals surface area contributed by atoms with Crippen LogP contribution in [0.1, 0.15) is 58.3 Å². The molecule has 0 aromatic carbocycles. The molecule has 2 rings (SSSR count). The van der Waals surface area contributed by atoms with Gasteiger partial charge in [-0.2, -0.15) is 0 Å². The molecule has 2 aliphatic rings. The Morgan fingerprint density at radius 1 is 1.11 bits per heavy atom. The molecule has 0 spiro atoms. The van der Waals surface area contributed by atoms with Gasteiger partial charge < -0.3 is 10.4 Å². The minimum absolute atomic E-state index is 0.0778. The third-order valence-electron chi connectivity index (χ3n) is 4.92. The second kappa shape index (κ2) is 6.88. The molecular formula is C15H30N2O. The molecule has 2 fully saturated rings. The smallest absolute Gasteiger partial charge is 0.0695 e. The largest absolute Gasteiger partial charge is 0.391 e. The third-order valence-corrected chi connectivity index (χ3v) is 4.92. The molecule has 18 heavy (non-hydrogen) atoms. The number of likely N-dealkylation sites (N-methyl/N-ethyl adjacent to an activating group) is 1. The molecule has 0 aliphatic heterocycles. The number of aliphatic hydroxyl groups excluding tert-OH is 1. The Morgan fingerprint density at radius 3 is 2.39 bits per heavy atom. The normalized spacial score (nSPS) is 37.3. The Bertz CT molecular complexity index is 239. The summed E-state index contributed by atoms with van der Waals surface area (Å²) in [6.45, 7) is 3.39. The lowest BCUT2D eigenvalue weighted by Crippen LogP contribution is -2.47. The highest BCUT2D eigenvalue weighted by Gasteiger charge is 2.33. The number of hydrogen-bond donors (Lipinski definition) is 2. The fourth-order valence-corrected chi connectivity index (χ4v) is 3.70. The maximum Gasteiger partial charge on any atom is 0.0695 e. The van der Waals surface area contributed by atoms with Crippen molar-refractivity contribution >= 4 is 0 Å². The Labute approximate surface area is 112 Å². The van der Waals surface area contributed by atoms with Gasteiger partial charge in [0.25, 0.3) is 0 Å². The molecule has 0 amide bonds. The van der Waals surface area contributed by atoms with Crippen molar-refractivity contribution in [1.29, 1.82) is 0 Å². The molecule has 0 aromatic rings. The Hall–Kier alpha value is -0.120. The number of nitrogens with one attached hydrogen (secondary N) is 1. The highest BCUT2D eigenvalue weighted by atomic mass is 16.3. The second-order valence-corrected chi connectivity index (χ2v) is 6.19. The zero-order valence-corrected chi connectivity index (χ0v) is 12.1. The van der Waals surface area contributed by atoms with E-state index in [1.807, 2.05) is 0 Å². The van der Waals surface area contributed by atoms with Gasteiger partial charge in [-0.25, -0.2) is 0 Å². The van der Waals surface area contributed by atoms with Crippen LogP contribution in [0.2, 0.25) is 0 Å². The van der Waals surface area contributed by atoms with Crippen molar-refractivity contribution in [3.63, 3.8) is 0 Å². The van der Waals surface area contributed by atoms with Crippen molar-refractivity contribution in [2.45, 2.75) is 82.5 Å². The molecule has 2 atom stereocenters. The summed E-state index contributed by atoms with van der Waals surface area (Å²) < 4.78 is 0. The van der Waals surface area contributed by atoms with Gasteiger partial charge in [0.15, 0.2) is 0 Å². The van der Waals surface area contributed by atoms with Crippen molar-refractivity contribution in [2.75, 3.05) is 13.6 Å². The van der Waals surface area contributed by atoms with Crippen molar-refractivity contribution < 1.29 is 5.11 Å². The average molecular weight is 254 g/mol. The maximum atomic E-state index is 10.0. The SMILES string of the molecule is CCCNC1CCC(N(C)C2CCCC2O)CC1. The Kier molecular flexibility index (Phi) is 5.46. The molecule has 0 saturated heterocycles. The Morgan fingerprint density at radius 2 is 1.83 bits per heavy atom. The van der Waals surface area contributed by atoms with Crippen LogP contribution in [0, 0.1) is 0 Å². The molecule has 2 unspecified atom stereocenters. The van der Waals surface area contributed by atoms with Gasteiger partial charge in [-0.1, -0.05) is 6.92 Å². The zero-order valence-electron chi connectivity index (χ0n) is 12.1.